The molecule has 3 aliphatic rings. The molecule has 6 nitrogen and oxygen atoms in total. The van der Waals surface area contributed by atoms with Crippen LogP contribution in [0.3, 0.4) is 0 Å². The van der Waals surface area contributed by atoms with Crippen LogP contribution in [-0.2, 0) is 4.79 Å². The van der Waals surface area contributed by atoms with Crippen molar-refractivity contribution < 1.29 is 9.53 Å². The van der Waals surface area contributed by atoms with Crippen LogP contribution in [-0.4, -0.2) is 48.0 Å². The Labute approximate surface area is 207 Å². The lowest BCUT2D eigenvalue weighted by Crippen LogP contribution is -2.49. The van der Waals surface area contributed by atoms with E-state index in [9.17, 15) is 4.79 Å². The predicted octanol–water partition coefficient (Wildman–Crippen LogP) is 4.53. The fraction of sp³-hybridized carbons (Fsp3) is 0.481. The number of thiazole rings is 1. The lowest BCUT2D eigenvalue weighted by Gasteiger charge is -2.34. The summed E-state index contributed by atoms with van der Waals surface area (Å²) in [5.41, 5.74) is 8.12. The molecular weight excluding hydrogens is 444 g/mol. The number of ether oxygens (including phenoxy) is 1. The molecule has 1 amide bonds. The van der Waals surface area contributed by atoms with Gasteiger partial charge in [-0.3, -0.25) is 9.69 Å². The predicted molar refractivity (Wildman–Crippen MR) is 140 cm³/mol. The Morgan fingerprint density at radius 2 is 2.12 bits per heavy atom. The van der Waals surface area contributed by atoms with E-state index in [-0.39, 0.29) is 17.9 Å². The maximum Gasteiger partial charge on any atom is 0.279 e. The summed E-state index contributed by atoms with van der Waals surface area (Å²) in [7, 11) is 0. The van der Waals surface area contributed by atoms with E-state index in [1.807, 2.05) is 31.2 Å². The van der Waals surface area contributed by atoms with E-state index in [0.717, 1.165) is 74.6 Å². The molecule has 0 bridgehead atoms. The molecule has 2 unspecified atom stereocenters. The molecule has 0 radical (unpaired) electrons. The third kappa shape index (κ3) is 6.34. The minimum atomic E-state index is 0.0337. The van der Waals surface area contributed by atoms with Crippen LogP contribution in [0.2, 0.25) is 0 Å². The van der Waals surface area contributed by atoms with E-state index in [4.69, 9.17) is 10.5 Å². The van der Waals surface area contributed by atoms with Gasteiger partial charge in [0.2, 0.25) is 5.91 Å². The number of nitrogens with two attached hydrogens (primary N) is 1. The number of carbonyl (C=O) groups excluding carboxylic acids is 1. The molecule has 0 spiro atoms. The number of rotatable bonds is 9. The van der Waals surface area contributed by atoms with E-state index in [2.05, 4.69) is 40.0 Å². The number of nitrogens with one attached hydrogen (secondary N) is 1. The molecule has 1 saturated heterocycles. The molecule has 182 valence electrons. The standard InChI is InChI=1S/C27H36N4O2S/c1-3-6-24-25(4-2)34-27(30-24)33-21-8-5-7-20(9-10-21)18-31-15-13-19(14-16-31)17-29-26(32)22-11-12-23(22)28/h3-4,6-10,19,22-23H,2,5,11-18,28H2,1H3,(H,29,32)/b6-3-. The van der Waals surface area contributed by atoms with Gasteiger partial charge in [0.05, 0.1) is 16.5 Å². The van der Waals surface area contributed by atoms with Gasteiger partial charge in [0, 0.05) is 19.1 Å². The van der Waals surface area contributed by atoms with Crippen molar-refractivity contribution in [3.8, 4) is 5.19 Å². The minimum Gasteiger partial charge on any atom is -0.431 e. The van der Waals surface area contributed by atoms with Gasteiger partial charge in [-0.2, -0.15) is 0 Å². The van der Waals surface area contributed by atoms with Gasteiger partial charge in [0.25, 0.3) is 5.19 Å². The average molecular weight is 481 g/mol. The molecule has 1 aromatic rings. The normalized spacial score (nSPS) is 23.7. The number of hydrogen-bond donors (Lipinski definition) is 2. The van der Waals surface area contributed by atoms with Gasteiger partial charge in [-0.05, 0) is 87.9 Å². The van der Waals surface area contributed by atoms with Crippen molar-refractivity contribution in [2.75, 3.05) is 26.2 Å². The monoisotopic (exact) mass is 480 g/mol. The summed E-state index contributed by atoms with van der Waals surface area (Å²) in [6, 6.07) is 0.0602. The van der Waals surface area contributed by atoms with Crippen LogP contribution in [0.15, 0.2) is 48.3 Å². The molecule has 2 aliphatic carbocycles. The highest BCUT2D eigenvalue weighted by molar-refractivity contribution is 7.14. The zero-order chi connectivity index (χ0) is 23.9. The van der Waals surface area contributed by atoms with Crippen molar-refractivity contribution in [1.29, 1.82) is 0 Å². The van der Waals surface area contributed by atoms with Crippen LogP contribution >= 0.6 is 11.3 Å². The highest BCUT2D eigenvalue weighted by Crippen LogP contribution is 2.29. The first kappa shape index (κ1) is 24.6. The van der Waals surface area contributed by atoms with Crippen molar-refractivity contribution in [2.45, 2.75) is 45.1 Å². The Morgan fingerprint density at radius 3 is 2.79 bits per heavy atom. The summed E-state index contributed by atoms with van der Waals surface area (Å²) in [5.74, 6) is 1.56. The zero-order valence-electron chi connectivity index (χ0n) is 20.0. The third-order valence-corrected chi connectivity index (χ3v) is 7.83. The Morgan fingerprint density at radius 1 is 1.29 bits per heavy atom. The Kier molecular flexibility index (Phi) is 8.53. The first-order valence-corrected chi connectivity index (χ1v) is 13.1. The second kappa shape index (κ2) is 11.8. The number of piperidine rings is 1. The summed E-state index contributed by atoms with van der Waals surface area (Å²) in [6.07, 6.45) is 19.3. The van der Waals surface area contributed by atoms with E-state index in [0.29, 0.717) is 11.1 Å². The molecular formula is C27H36N4O2S. The molecule has 1 saturated carbocycles. The van der Waals surface area contributed by atoms with Gasteiger partial charge in [-0.15, -0.1) is 0 Å². The lowest BCUT2D eigenvalue weighted by molar-refractivity contribution is -0.128. The maximum atomic E-state index is 12.2. The Bertz CT molecular complexity index is 998. The van der Waals surface area contributed by atoms with Gasteiger partial charge in [0.15, 0.2) is 0 Å². The van der Waals surface area contributed by atoms with Gasteiger partial charge in [-0.1, -0.05) is 36.1 Å². The minimum absolute atomic E-state index is 0.0337. The molecule has 2 fully saturated rings. The summed E-state index contributed by atoms with van der Waals surface area (Å²) in [6.45, 7) is 9.68. The van der Waals surface area contributed by atoms with Gasteiger partial charge in [0.1, 0.15) is 5.76 Å². The van der Waals surface area contributed by atoms with Crippen molar-refractivity contribution in [3.05, 3.63) is 58.9 Å². The number of carbonyl (C=O) groups is 1. The van der Waals surface area contributed by atoms with Crippen molar-refractivity contribution >= 4 is 29.4 Å². The van der Waals surface area contributed by atoms with E-state index >= 15 is 0 Å². The molecule has 2 atom stereocenters. The van der Waals surface area contributed by atoms with Crippen LogP contribution < -0.4 is 15.8 Å². The van der Waals surface area contributed by atoms with Crippen LogP contribution in [0.25, 0.3) is 12.2 Å². The third-order valence-electron chi connectivity index (χ3n) is 6.88. The first-order chi connectivity index (χ1) is 16.6. The lowest BCUT2D eigenvalue weighted by atomic mass is 9.79. The second-order valence-corrected chi connectivity index (χ2v) is 10.3. The fourth-order valence-electron chi connectivity index (χ4n) is 4.57. The number of likely N-dealkylation sites (tertiary alicyclic amines) is 1. The van der Waals surface area contributed by atoms with Gasteiger partial charge in [-0.25, -0.2) is 4.98 Å². The number of allylic oxidation sites excluding steroid dienone is 4. The molecule has 1 aliphatic heterocycles. The molecule has 3 N–H and O–H groups in total. The first-order valence-electron chi connectivity index (χ1n) is 12.3. The molecule has 1 aromatic heterocycles. The largest absolute Gasteiger partial charge is 0.431 e. The van der Waals surface area contributed by atoms with Gasteiger partial charge >= 0.3 is 0 Å². The smallest absolute Gasteiger partial charge is 0.279 e. The van der Waals surface area contributed by atoms with Crippen molar-refractivity contribution in [1.82, 2.24) is 15.2 Å². The van der Waals surface area contributed by atoms with E-state index < -0.39 is 0 Å². The molecule has 7 heteroatoms. The average Bonchev–Trinajstić information content (AvgIpc) is 3.08. The van der Waals surface area contributed by atoms with Crippen molar-refractivity contribution in [2.24, 2.45) is 17.6 Å². The van der Waals surface area contributed by atoms with Crippen LogP contribution in [0.5, 0.6) is 5.19 Å². The highest BCUT2D eigenvalue weighted by Gasteiger charge is 2.33. The summed E-state index contributed by atoms with van der Waals surface area (Å²) in [5, 5.41) is 3.77. The molecule has 4 rings (SSSR count). The Balaban J connectivity index is 1.21. The molecule has 2 heterocycles. The van der Waals surface area contributed by atoms with Crippen LogP contribution in [0.4, 0.5) is 0 Å². The SMILES string of the molecule is C=Cc1sc(OC2=CCC=C(CN3CCC(CNC(=O)C4CCC4N)CC3)C=C2)nc1/C=C\C. The number of amides is 1. The highest BCUT2D eigenvalue weighted by atomic mass is 32.1. The summed E-state index contributed by atoms with van der Waals surface area (Å²) >= 11 is 1.51. The van der Waals surface area contributed by atoms with Gasteiger partial charge < -0.3 is 15.8 Å². The van der Waals surface area contributed by atoms with Crippen molar-refractivity contribution in [3.63, 3.8) is 0 Å². The Hall–Kier alpha value is -2.48. The molecule has 34 heavy (non-hydrogen) atoms. The summed E-state index contributed by atoms with van der Waals surface area (Å²) in [4.78, 5) is 20.3. The van der Waals surface area contributed by atoms with Crippen LogP contribution in [0, 0.1) is 11.8 Å². The van der Waals surface area contributed by atoms with Crippen LogP contribution in [0.1, 0.15) is 49.6 Å². The number of aromatic nitrogens is 1. The number of nitrogens with zero attached hydrogens (tertiary/aromatic N) is 2. The zero-order valence-corrected chi connectivity index (χ0v) is 20.9. The maximum absolute atomic E-state index is 12.2. The van der Waals surface area contributed by atoms with E-state index in [1.54, 1.807) is 0 Å². The topological polar surface area (TPSA) is 80.5 Å². The molecule has 0 aromatic carbocycles. The van der Waals surface area contributed by atoms with E-state index in [1.165, 1.54) is 16.9 Å². The summed E-state index contributed by atoms with van der Waals surface area (Å²) < 4.78 is 6.05. The fourth-order valence-corrected chi connectivity index (χ4v) is 5.34. The number of hydrogen-bond acceptors (Lipinski definition) is 6. The second-order valence-electron chi connectivity index (χ2n) is 9.30. The quantitative estimate of drug-likeness (QED) is 0.543.